The second kappa shape index (κ2) is 10.8. The molecule has 1 aromatic rings. The first-order valence-electron chi connectivity index (χ1n) is 9.41. The number of nitrogens with zero attached hydrogens (tertiary/aromatic N) is 1. The van der Waals surface area contributed by atoms with E-state index in [1.54, 1.807) is 6.08 Å². The molecule has 1 fully saturated rings. The summed E-state index contributed by atoms with van der Waals surface area (Å²) in [6.45, 7) is 0. The quantitative estimate of drug-likeness (QED) is 0.336. The molecule has 1 aliphatic rings. The summed E-state index contributed by atoms with van der Waals surface area (Å²) in [7, 11) is 0. The van der Waals surface area contributed by atoms with Crippen LogP contribution in [0.2, 0.25) is 0 Å². The largest absolute Gasteiger partial charge is 0.299 e. The number of aldehydes is 1. The van der Waals surface area contributed by atoms with Crippen LogP contribution in [0.5, 0.6) is 0 Å². The maximum absolute atomic E-state index is 10.2. The second-order valence-electron chi connectivity index (χ2n) is 7.08. The van der Waals surface area contributed by atoms with Gasteiger partial charge < -0.3 is 0 Å². The Labute approximate surface area is 146 Å². The van der Waals surface area contributed by atoms with Crippen LogP contribution in [0.3, 0.4) is 0 Å². The molecule has 128 valence electrons. The van der Waals surface area contributed by atoms with E-state index in [0.717, 1.165) is 36.5 Å². The van der Waals surface area contributed by atoms with E-state index >= 15 is 0 Å². The van der Waals surface area contributed by atoms with E-state index in [1.165, 1.54) is 56.9 Å². The number of rotatable bonds is 9. The van der Waals surface area contributed by atoms with E-state index < -0.39 is 0 Å². The van der Waals surface area contributed by atoms with Gasteiger partial charge in [-0.3, -0.25) is 4.79 Å². The van der Waals surface area contributed by atoms with Gasteiger partial charge in [0.15, 0.2) is 0 Å². The molecule has 2 nitrogen and oxygen atoms in total. The smallest absolute Gasteiger partial charge is 0.142 e. The molecule has 0 unspecified atom stereocenters. The molecule has 0 amide bonds. The Hall–Kier alpha value is -1.88. The zero-order chi connectivity index (χ0) is 17.0. The van der Waals surface area contributed by atoms with E-state index in [0.29, 0.717) is 0 Å². The van der Waals surface area contributed by atoms with Crippen molar-refractivity contribution >= 4 is 6.29 Å². The van der Waals surface area contributed by atoms with Gasteiger partial charge in [-0.2, -0.15) is 5.26 Å². The van der Waals surface area contributed by atoms with E-state index in [4.69, 9.17) is 5.26 Å². The number of allylic oxidation sites excluding steroid dienone is 2. The summed E-state index contributed by atoms with van der Waals surface area (Å²) in [6.07, 6.45) is 17.4. The van der Waals surface area contributed by atoms with Gasteiger partial charge in [0.25, 0.3) is 0 Å². The van der Waals surface area contributed by atoms with Gasteiger partial charge >= 0.3 is 0 Å². The molecule has 0 saturated heterocycles. The highest BCUT2D eigenvalue weighted by Crippen LogP contribution is 2.34. The van der Waals surface area contributed by atoms with Crippen LogP contribution in [0, 0.1) is 23.2 Å². The first-order valence-corrected chi connectivity index (χ1v) is 9.41. The normalized spacial score (nSPS) is 20.8. The standard InChI is InChI=1S/C22H29NO/c23-18-22-15-13-21(14-16-22)8-4-3-7-20-11-9-19(10-12-20)6-2-1-5-17-24/h1,5,13-17,19-20H,2-4,6-12H2/b5-1+. The number of hydrogen-bond acceptors (Lipinski definition) is 2. The van der Waals surface area contributed by atoms with Crippen LogP contribution < -0.4 is 0 Å². The molecule has 0 radical (unpaired) electrons. The van der Waals surface area contributed by atoms with Gasteiger partial charge in [-0.25, -0.2) is 0 Å². The Bertz CT molecular complexity index is 544. The molecule has 0 bridgehead atoms. The average Bonchev–Trinajstić information content (AvgIpc) is 2.64. The van der Waals surface area contributed by atoms with E-state index in [-0.39, 0.29) is 0 Å². The van der Waals surface area contributed by atoms with Crippen LogP contribution in [0.15, 0.2) is 36.4 Å². The number of carbonyl (C=O) groups excluding carboxylic acids is 1. The number of aryl methyl sites for hydroxylation is 1. The Morgan fingerprint density at radius 2 is 1.67 bits per heavy atom. The molecule has 0 N–H and O–H groups in total. The van der Waals surface area contributed by atoms with Crippen LogP contribution in [0.4, 0.5) is 0 Å². The van der Waals surface area contributed by atoms with Gasteiger partial charge in [0.2, 0.25) is 0 Å². The van der Waals surface area contributed by atoms with Gasteiger partial charge in [-0.1, -0.05) is 56.7 Å². The van der Waals surface area contributed by atoms with Crippen molar-refractivity contribution in [3.8, 4) is 6.07 Å². The van der Waals surface area contributed by atoms with Gasteiger partial charge in [-0.05, 0) is 61.3 Å². The van der Waals surface area contributed by atoms with Gasteiger partial charge in [0.1, 0.15) is 6.29 Å². The Balaban J connectivity index is 1.55. The van der Waals surface area contributed by atoms with Crippen LogP contribution in [0.1, 0.15) is 68.9 Å². The minimum Gasteiger partial charge on any atom is -0.299 e. The molecule has 1 saturated carbocycles. The Morgan fingerprint density at radius 1 is 1.00 bits per heavy atom. The molecule has 2 heteroatoms. The van der Waals surface area contributed by atoms with E-state index in [9.17, 15) is 4.79 Å². The highest BCUT2D eigenvalue weighted by atomic mass is 16.1. The third kappa shape index (κ3) is 6.71. The van der Waals surface area contributed by atoms with Crippen molar-refractivity contribution in [3.05, 3.63) is 47.5 Å². The lowest BCUT2D eigenvalue weighted by Crippen LogP contribution is -2.14. The summed E-state index contributed by atoms with van der Waals surface area (Å²) in [6, 6.07) is 10.2. The number of nitriles is 1. The summed E-state index contributed by atoms with van der Waals surface area (Å²) in [5.41, 5.74) is 2.10. The summed E-state index contributed by atoms with van der Waals surface area (Å²) in [5.74, 6) is 1.80. The molecule has 0 heterocycles. The Kier molecular flexibility index (Phi) is 8.32. The average molecular weight is 323 g/mol. The molecule has 1 aliphatic carbocycles. The summed E-state index contributed by atoms with van der Waals surface area (Å²) < 4.78 is 0. The predicted octanol–water partition coefficient (Wildman–Crippen LogP) is 5.61. The third-order valence-electron chi connectivity index (χ3n) is 5.33. The van der Waals surface area contributed by atoms with Gasteiger partial charge in [0, 0.05) is 0 Å². The first-order chi connectivity index (χ1) is 11.8. The number of carbonyl (C=O) groups is 1. The maximum atomic E-state index is 10.2. The van der Waals surface area contributed by atoms with Crippen molar-refractivity contribution in [1.82, 2.24) is 0 Å². The summed E-state index contributed by atoms with van der Waals surface area (Å²) >= 11 is 0. The topological polar surface area (TPSA) is 40.9 Å². The molecular weight excluding hydrogens is 294 g/mol. The molecule has 0 atom stereocenters. The first kappa shape index (κ1) is 18.5. The fourth-order valence-electron chi connectivity index (χ4n) is 3.80. The van der Waals surface area contributed by atoms with Crippen LogP contribution in [-0.4, -0.2) is 6.29 Å². The zero-order valence-corrected chi connectivity index (χ0v) is 14.6. The fraction of sp³-hybridized carbons (Fsp3) is 0.545. The second-order valence-corrected chi connectivity index (χ2v) is 7.08. The lowest BCUT2D eigenvalue weighted by atomic mass is 9.78. The third-order valence-corrected chi connectivity index (χ3v) is 5.33. The monoisotopic (exact) mass is 323 g/mol. The number of benzene rings is 1. The zero-order valence-electron chi connectivity index (χ0n) is 14.6. The fourth-order valence-corrected chi connectivity index (χ4v) is 3.80. The lowest BCUT2D eigenvalue weighted by Gasteiger charge is -2.28. The molecule has 0 aromatic heterocycles. The summed E-state index contributed by atoms with van der Waals surface area (Å²) in [5, 5.41) is 8.81. The molecule has 0 spiro atoms. The lowest BCUT2D eigenvalue weighted by molar-refractivity contribution is -0.104. The molecule has 1 aromatic carbocycles. The summed E-state index contributed by atoms with van der Waals surface area (Å²) in [4.78, 5) is 10.2. The molecular formula is C22H29NO. The van der Waals surface area contributed by atoms with E-state index in [1.807, 2.05) is 18.2 Å². The van der Waals surface area contributed by atoms with E-state index in [2.05, 4.69) is 18.2 Å². The van der Waals surface area contributed by atoms with Gasteiger partial charge in [-0.15, -0.1) is 0 Å². The molecule has 24 heavy (non-hydrogen) atoms. The van der Waals surface area contributed by atoms with Crippen LogP contribution >= 0.6 is 0 Å². The van der Waals surface area contributed by atoms with Crippen LogP contribution in [0.25, 0.3) is 0 Å². The highest BCUT2D eigenvalue weighted by molar-refractivity contribution is 5.64. The predicted molar refractivity (Wildman–Crippen MR) is 98.6 cm³/mol. The Morgan fingerprint density at radius 3 is 2.29 bits per heavy atom. The van der Waals surface area contributed by atoms with Crippen molar-refractivity contribution in [2.45, 2.75) is 64.2 Å². The maximum Gasteiger partial charge on any atom is 0.142 e. The van der Waals surface area contributed by atoms with Crippen LogP contribution in [-0.2, 0) is 11.2 Å². The van der Waals surface area contributed by atoms with Gasteiger partial charge in [0.05, 0.1) is 11.6 Å². The highest BCUT2D eigenvalue weighted by Gasteiger charge is 2.20. The molecule has 0 aliphatic heterocycles. The van der Waals surface area contributed by atoms with Crippen molar-refractivity contribution in [2.75, 3.05) is 0 Å². The number of unbranched alkanes of at least 4 members (excludes halogenated alkanes) is 1. The minimum absolute atomic E-state index is 0.747. The van der Waals surface area contributed by atoms with Crippen molar-refractivity contribution in [1.29, 1.82) is 5.26 Å². The van der Waals surface area contributed by atoms with Crippen molar-refractivity contribution < 1.29 is 4.79 Å². The van der Waals surface area contributed by atoms with Crippen molar-refractivity contribution in [2.24, 2.45) is 11.8 Å². The number of hydrogen-bond donors (Lipinski definition) is 0. The SMILES string of the molecule is N#Cc1ccc(CCCCC2CCC(CC/C=C/C=O)CC2)cc1. The minimum atomic E-state index is 0.747. The molecule has 2 rings (SSSR count). The van der Waals surface area contributed by atoms with Crippen molar-refractivity contribution in [3.63, 3.8) is 0 Å².